The van der Waals surface area contributed by atoms with Gasteiger partial charge in [0.25, 0.3) is 0 Å². The third-order valence-electron chi connectivity index (χ3n) is 5.14. The number of hydrogen-bond acceptors (Lipinski definition) is 2. The quantitative estimate of drug-likeness (QED) is 0.405. The maximum absolute atomic E-state index is 12.6. The lowest BCUT2D eigenvalue weighted by Crippen LogP contribution is -2.08. The molecule has 3 aromatic carbocycles. The molecule has 1 amide bonds. The molecule has 1 N–H and O–H groups in total. The minimum absolute atomic E-state index is 0.172. The summed E-state index contributed by atoms with van der Waals surface area (Å²) in [7, 11) is 0. The molecule has 4 heteroatoms. The van der Waals surface area contributed by atoms with Crippen molar-refractivity contribution in [1.29, 1.82) is 0 Å². The predicted molar refractivity (Wildman–Crippen MR) is 127 cm³/mol. The van der Waals surface area contributed by atoms with Gasteiger partial charge in [-0.1, -0.05) is 65.7 Å². The molecule has 4 rings (SSSR count). The Morgan fingerprint density at radius 1 is 0.903 bits per heavy atom. The van der Waals surface area contributed by atoms with Crippen LogP contribution in [0.4, 0.5) is 5.69 Å². The Morgan fingerprint density at radius 2 is 1.61 bits per heavy atom. The van der Waals surface area contributed by atoms with Crippen LogP contribution in [0, 0.1) is 20.8 Å². The largest absolute Gasteiger partial charge is 0.322 e. The summed E-state index contributed by atoms with van der Waals surface area (Å²) in [6, 6.07) is 24.2. The Labute approximate surface area is 182 Å². The van der Waals surface area contributed by atoms with Gasteiger partial charge in [-0.15, -0.1) is 0 Å². The molecule has 0 bridgehead atoms. The van der Waals surface area contributed by atoms with Crippen LogP contribution in [-0.4, -0.2) is 15.7 Å². The van der Waals surface area contributed by atoms with E-state index >= 15 is 0 Å². The van der Waals surface area contributed by atoms with Gasteiger partial charge < -0.3 is 5.32 Å². The third kappa shape index (κ3) is 4.81. The van der Waals surface area contributed by atoms with Gasteiger partial charge >= 0.3 is 0 Å². The summed E-state index contributed by atoms with van der Waals surface area (Å²) >= 11 is 0. The zero-order chi connectivity index (χ0) is 21.8. The fourth-order valence-electron chi connectivity index (χ4n) is 3.45. The first-order valence-corrected chi connectivity index (χ1v) is 10.3. The number of hydrogen-bond donors (Lipinski definition) is 1. The molecule has 4 nitrogen and oxygen atoms in total. The molecule has 0 aliphatic heterocycles. The lowest BCUT2D eigenvalue weighted by Gasteiger charge is -2.07. The van der Waals surface area contributed by atoms with Crippen molar-refractivity contribution in [3.05, 3.63) is 107 Å². The van der Waals surface area contributed by atoms with Gasteiger partial charge in [-0.3, -0.25) is 4.79 Å². The highest BCUT2D eigenvalue weighted by Crippen LogP contribution is 2.25. The van der Waals surface area contributed by atoms with Crippen LogP contribution in [0.1, 0.15) is 22.3 Å². The van der Waals surface area contributed by atoms with Crippen molar-refractivity contribution in [1.82, 2.24) is 9.78 Å². The Kier molecular flexibility index (Phi) is 5.80. The van der Waals surface area contributed by atoms with Crippen LogP contribution in [0.5, 0.6) is 0 Å². The summed E-state index contributed by atoms with van der Waals surface area (Å²) in [5.74, 6) is -0.172. The number of anilines is 1. The van der Waals surface area contributed by atoms with E-state index in [0.717, 1.165) is 33.8 Å². The normalized spacial score (nSPS) is 11.1. The molecule has 0 saturated carbocycles. The summed E-state index contributed by atoms with van der Waals surface area (Å²) < 4.78 is 1.84. The summed E-state index contributed by atoms with van der Waals surface area (Å²) in [5.41, 5.74) is 7.91. The Bertz CT molecular complexity index is 1240. The van der Waals surface area contributed by atoms with Gasteiger partial charge in [-0.2, -0.15) is 5.10 Å². The fourth-order valence-corrected chi connectivity index (χ4v) is 3.45. The van der Waals surface area contributed by atoms with Gasteiger partial charge in [-0.25, -0.2) is 4.68 Å². The number of amides is 1. The molecule has 0 radical (unpaired) electrons. The number of nitrogens with zero attached hydrogens (tertiary/aromatic N) is 2. The molecular formula is C27H25N3O. The molecule has 31 heavy (non-hydrogen) atoms. The number of rotatable bonds is 5. The minimum atomic E-state index is -0.172. The highest BCUT2D eigenvalue weighted by atomic mass is 16.1. The molecule has 1 heterocycles. The average Bonchev–Trinajstić information content (AvgIpc) is 3.20. The number of nitrogens with one attached hydrogen (secondary N) is 1. The van der Waals surface area contributed by atoms with Crippen molar-refractivity contribution in [2.45, 2.75) is 20.8 Å². The second kappa shape index (κ2) is 8.84. The Balaban J connectivity index is 1.65. The highest BCUT2D eigenvalue weighted by molar-refractivity contribution is 6.02. The van der Waals surface area contributed by atoms with Crippen LogP contribution in [0.25, 0.3) is 23.0 Å². The Hall–Kier alpha value is -3.92. The lowest BCUT2D eigenvalue weighted by atomic mass is 10.1. The van der Waals surface area contributed by atoms with Crippen LogP contribution in [0.3, 0.4) is 0 Å². The van der Waals surface area contributed by atoms with Gasteiger partial charge in [0.05, 0.1) is 11.4 Å². The standard InChI is InChI=1S/C27H25N3O/c1-19-9-12-22(13-10-19)27-23(18-30(29-27)24-7-5-4-6-8-24)14-16-26(31)28-25-15-11-20(2)17-21(25)3/h4-18H,1-3H3,(H,28,31). The van der Waals surface area contributed by atoms with Crippen molar-refractivity contribution in [3.8, 4) is 16.9 Å². The van der Waals surface area contributed by atoms with Gasteiger partial charge in [-0.05, 0) is 50.6 Å². The molecule has 0 fully saturated rings. The first kappa shape index (κ1) is 20.4. The second-order valence-electron chi connectivity index (χ2n) is 7.72. The Morgan fingerprint density at radius 3 is 2.32 bits per heavy atom. The van der Waals surface area contributed by atoms with Crippen molar-refractivity contribution in [2.75, 3.05) is 5.32 Å². The predicted octanol–water partition coefficient (Wildman–Crippen LogP) is 6.12. The molecule has 0 spiro atoms. The van der Waals surface area contributed by atoms with Crippen molar-refractivity contribution in [3.63, 3.8) is 0 Å². The van der Waals surface area contributed by atoms with Crippen LogP contribution < -0.4 is 5.32 Å². The maximum atomic E-state index is 12.6. The number of carbonyl (C=O) groups is 1. The molecule has 1 aromatic heterocycles. The zero-order valence-electron chi connectivity index (χ0n) is 18.0. The van der Waals surface area contributed by atoms with Crippen LogP contribution in [-0.2, 0) is 4.79 Å². The number of aromatic nitrogens is 2. The maximum Gasteiger partial charge on any atom is 0.248 e. The van der Waals surface area contributed by atoms with Crippen molar-refractivity contribution >= 4 is 17.7 Å². The summed E-state index contributed by atoms with van der Waals surface area (Å²) in [6.45, 7) is 6.09. The number of para-hydroxylation sites is 1. The van der Waals surface area contributed by atoms with Gasteiger partial charge in [0.15, 0.2) is 0 Å². The molecule has 154 valence electrons. The van der Waals surface area contributed by atoms with E-state index in [0.29, 0.717) is 0 Å². The zero-order valence-corrected chi connectivity index (χ0v) is 18.0. The van der Waals surface area contributed by atoms with Gasteiger partial charge in [0.2, 0.25) is 5.91 Å². The first-order chi connectivity index (χ1) is 15.0. The van der Waals surface area contributed by atoms with E-state index in [4.69, 9.17) is 5.10 Å². The summed E-state index contributed by atoms with van der Waals surface area (Å²) in [5, 5.41) is 7.76. The topological polar surface area (TPSA) is 46.9 Å². The van der Waals surface area contributed by atoms with E-state index in [1.165, 1.54) is 11.1 Å². The molecule has 0 atom stereocenters. The molecule has 4 aromatic rings. The van der Waals surface area contributed by atoms with Gasteiger partial charge in [0, 0.05) is 29.1 Å². The van der Waals surface area contributed by atoms with Crippen LogP contribution in [0.15, 0.2) is 85.1 Å². The lowest BCUT2D eigenvalue weighted by molar-refractivity contribution is -0.111. The van der Waals surface area contributed by atoms with E-state index < -0.39 is 0 Å². The minimum Gasteiger partial charge on any atom is -0.322 e. The molecule has 0 aliphatic rings. The smallest absolute Gasteiger partial charge is 0.248 e. The first-order valence-electron chi connectivity index (χ1n) is 10.3. The SMILES string of the molecule is Cc1ccc(-c2nn(-c3ccccc3)cc2C=CC(=O)Nc2ccc(C)cc2C)cc1. The van der Waals surface area contributed by atoms with E-state index in [9.17, 15) is 4.79 Å². The van der Waals surface area contributed by atoms with E-state index in [1.807, 2.05) is 73.3 Å². The number of aryl methyl sites for hydroxylation is 3. The number of carbonyl (C=O) groups excluding carboxylic acids is 1. The molecule has 0 unspecified atom stereocenters. The second-order valence-corrected chi connectivity index (χ2v) is 7.72. The fraction of sp³-hybridized carbons (Fsp3) is 0.111. The van der Waals surface area contributed by atoms with E-state index in [2.05, 4.69) is 42.6 Å². The molecular weight excluding hydrogens is 382 g/mol. The van der Waals surface area contributed by atoms with Crippen LogP contribution in [0.2, 0.25) is 0 Å². The molecule has 0 saturated heterocycles. The summed E-state index contributed by atoms with van der Waals surface area (Å²) in [4.78, 5) is 12.6. The molecule has 0 aliphatic carbocycles. The van der Waals surface area contributed by atoms with E-state index in [1.54, 1.807) is 6.08 Å². The average molecular weight is 408 g/mol. The third-order valence-corrected chi connectivity index (χ3v) is 5.14. The number of benzene rings is 3. The van der Waals surface area contributed by atoms with Crippen molar-refractivity contribution < 1.29 is 4.79 Å². The van der Waals surface area contributed by atoms with Crippen LogP contribution >= 0.6 is 0 Å². The monoisotopic (exact) mass is 407 g/mol. The van der Waals surface area contributed by atoms with Crippen molar-refractivity contribution in [2.24, 2.45) is 0 Å². The van der Waals surface area contributed by atoms with Gasteiger partial charge in [0.1, 0.15) is 0 Å². The van der Waals surface area contributed by atoms with E-state index in [-0.39, 0.29) is 5.91 Å². The summed E-state index contributed by atoms with van der Waals surface area (Å²) in [6.07, 6.45) is 5.33. The highest BCUT2D eigenvalue weighted by Gasteiger charge is 2.11.